The molecule has 0 saturated heterocycles. The number of hydrogen-bond donors (Lipinski definition) is 1. The maximum absolute atomic E-state index is 5.14. The third-order valence-electron chi connectivity index (χ3n) is 7.78. The summed E-state index contributed by atoms with van der Waals surface area (Å²) in [6, 6.07) is 21.4. The largest absolute Gasteiger partial charge is 0.355 e. The first-order chi connectivity index (χ1) is 19.7. The fraction of sp³-hybridized carbons (Fsp3) is 0.344. The highest BCUT2D eigenvalue weighted by molar-refractivity contribution is 6.02. The minimum Gasteiger partial charge on any atom is -0.355 e. The van der Waals surface area contributed by atoms with Gasteiger partial charge in [-0.15, -0.1) is 10.2 Å². The number of aromatic nitrogens is 6. The minimum absolute atomic E-state index is 0.588. The maximum atomic E-state index is 5.14. The Bertz CT molecular complexity index is 1630. The number of aryl methyl sites for hydroxylation is 1. The molecular formula is C32H36N8. The summed E-state index contributed by atoms with van der Waals surface area (Å²) in [6.45, 7) is 9.50. The molecule has 3 heterocycles. The lowest BCUT2D eigenvalue weighted by Gasteiger charge is -2.21. The zero-order valence-electron chi connectivity index (χ0n) is 23.6. The lowest BCUT2D eigenvalue weighted by molar-refractivity contribution is 0.443. The molecular weight excluding hydrogens is 496 g/mol. The van der Waals surface area contributed by atoms with Crippen LogP contribution in [0.25, 0.3) is 39.2 Å². The highest BCUT2D eigenvalue weighted by Crippen LogP contribution is 2.37. The normalized spacial score (nSPS) is 13.4. The fourth-order valence-electron chi connectivity index (χ4n) is 5.72. The highest BCUT2D eigenvalue weighted by atomic mass is 15.5. The molecule has 0 radical (unpaired) electrons. The van der Waals surface area contributed by atoms with Crippen LogP contribution >= 0.6 is 0 Å². The van der Waals surface area contributed by atoms with Gasteiger partial charge in [0.25, 0.3) is 0 Å². The van der Waals surface area contributed by atoms with Crippen LogP contribution in [-0.2, 0) is 6.42 Å². The lowest BCUT2D eigenvalue weighted by Crippen LogP contribution is -2.29. The fourth-order valence-corrected chi connectivity index (χ4v) is 5.72. The number of unbranched alkanes of at least 4 members (excludes halogenated alkanes) is 2. The molecule has 8 nitrogen and oxygen atoms in total. The van der Waals surface area contributed by atoms with E-state index < -0.39 is 0 Å². The number of amidine groups is 1. The molecule has 0 unspecified atom stereocenters. The SMILES string of the molecule is CCCCc1nc2ccc(C3=NCCN3CCCC)cc2n1-c1ccc(-c2ccccc2)c(-c2nn[nH]n2)c1C. The van der Waals surface area contributed by atoms with Crippen LogP contribution in [0.5, 0.6) is 0 Å². The summed E-state index contributed by atoms with van der Waals surface area (Å²) in [7, 11) is 0. The Labute approximate surface area is 235 Å². The summed E-state index contributed by atoms with van der Waals surface area (Å²) in [5.74, 6) is 2.76. The Hall–Kier alpha value is -4.33. The van der Waals surface area contributed by atoms with Gasteiger partial charge in [-0.1, -0.05) is 63.1 Å². The molecule has 8 heteroatoms. The van der Waals surface area contributed by atoms with Crippen LogP contribution in [0.3, 0.4) is 0 Å². The molecule has 5 aromatic rings. The first-order valence-corrected chi connectivity index (χ1v) is 14.4. The second kappa shape index (κ2) is 11.4. The van der Waals surface area contributed by atoms with Crippen LogP contribution < -0.4 is 0 Å². The van der Waals surface area contributed by atoms with Crippen molar-refractivity contribution in [1.82, 2.24) is 35.1 Å². The monoisotopic (exact) mass is 532 g/mol. The van der Waals surface area contributed by atoms with E-state index in [-0.39, 0.29) is 0 Å². The third kappa shape index (κ3) is 4.78. The molecule has 1 aliphatic rings. The molecule has 0 spiro atoms. The van der Waals surface area contributed by atoms with Gasteiger partial charge in [0.2, 0.25) is 5.82 Å². The first-order valence-electron chi connectivity index (χ1n) is 14.4. The van der Waals surface area contributed by atoms with E-state index in [0.29, 0.717) is 5.82 Å². The van der Waals surface area contributed by atoms with Crippen molar-refractivity contribution < 1.29 is 0 Å². The number of fused-ring (bicyclic) bond motifs is 1. The Morgan fingerprint density at radius 3 is 2.55 bits per heavy atom. The van der Waals surface area contributed by atoms with Crippen molar-refractivity contribution in [2.75, 3.05) is 19.6 Å². The van der Waals surface area contributed by atoms with Crippen molar-refractivity contribution >= 4 is 16.9 Å². The summed E-state index contributed by atoms with van der Waals surface area (Å²) < 4.78 is 2.34. The van der Waals surface area contributed by atoms with Gasteiger partial charge in [0.15, 0.2) is 0 Å². The Morgan fingerprint density at radius 1 is 0.925 bits per heavy atom. The highest BCUT2D eigenvalue weighted by Gasteiger charge is 2.23. The smallest absolute Gasteiger partial charge is 0.205 e. The van der Waals surface area contributed by atoms with Crippen molar-refractivity contribution in [3.05, 3.63) is 77.6 Å². The molecule has 0 amide bonds. The van der Waals surface area contributed by atoms with Crippen molar-refractivity contribution in [3.63, 3.8) is 0 Å². The molecule has 0 aliphatic carbocycles. The van der Waals surface area contributed by atoms with Crippen LogP contribution in [0.2, 0.25) is 0 Å². The number of H-pyrrole nitrogens is 1. The molecule has 2 aromatic heterocycles. The van der Waals surface area contributed by atoms with Crippen molar-refractivity contribution in [2.24, 2.45) is 4.99 Å². The second-order valence-corrected chi connectivity index (χ2v) is 10.5. The molecule has 204 valence electrons. The average molecular weight is 533 g/mol. The van der Waals surface area contributed by atoms with E-state index in [9.17, 15) is 0 Å². The number of aromatic amines is 1. The Morgan fingerprint density at radius 2 is 1.77 bits per heavy atom. The summed E-state index contributed by atoms with van der Waals surface area (Å²) in [6.07, 6.45) is 5.44. The molecule has 1 aliphatic heterocycles. The number of aliphatic imine (C=N–C) groups is 1. The summed E-state index contributed by atoms with van der Waals surface area (Å²) in [5.41, 5.74) is 8.60. The van der Waals surface area contributed by atoms with Gasteiger partial charge in [-0.2, -0.15) is 5.21 Å². The molecule has 6 rings (SSSR count). The number of nitrogens with one attached hydrogen (secondary N) is 1. The summed E-state index contributed by atoms with van der Waals surface area (Å²) in [5, 5.41) is 15.3. The van der Waals surface area contributed by atoms with E-state index in [1.165, 1.54) is 12.8 Å². The van der Waals surface area contributed by atoms with Gasteiger partial charge in [-0.05, 0) is 65.9 Å². The quantitative estimate of drug-likeness (QED) is 0.225. The Kier molecular flexibility index (Phi) is 7.40. The van der Waals surface area contributed by atoms with E-state index in [0.717, 1.165) is 95.1 Å². The maximum Gasteiger partial charge on any atom is 0.205 e. The van der Waals surface area contributed by atoms with E-state index in [2.05, 4.69) is 105 Å². The predicted molar refractivity (Wildman–Crippen MR) is 161 cm³/mol. The van der Waals surface area contributed by atoms with Gasteiger partial charge in [-0.25, -0.2) is 4.98 Å². The molecule has 3 aromatic carbocycles. The van der Waals surface area contributed by atoms with Gasteiger partial charge < -0.3 is 4.90 Å². The molecule has 0 bridgehead atoms. The Balaban J connectivity index is 1.54. The number of tetrazole rings is 1. The molecule has 0 saturated carbocycles. The number of imidazole rings is 1. The van der Waals surface area contributed by atoms with E-state index >= 15 is 0 Å². The third-order valence-corrected chi connectivity index (χ3v) is 7.78. The molecule has 0 fully saturated rings. The number of hydrogen-bond acceptors (Lipinski definition) is 6. The zero-order valence-corrected chi connectivity index (χ0v) is 23.6. The van der Waals surface area contributed by atoms with Crippen LogP contribution in [-0.4, -0.2) is 60.5 Å². The average Bonchev–Trinajstić information content (AvgIpc) is 3.75. The molecule has 40 heavy (non-hydrogen) atoms. The lowest BCUT2D eigenvalue weighted by atomic mass is 9.94. The molecule has 0 atom stereocenters. The van der Waals surface area contributed by atoms with E-state index in [4.69, 9.17) is 9.98 Å². The van der Waals surface area contributed by atoms with Crippen molar-refractivity contribution in [3.8, 4) is 28.2 Å². The second-order valence-electron chi connectivity index (χ2n) is 10.5. The number of nitrogens with zero attached hydrogens (tertiary/aromatic N) is 7. The van der Waals surface area contributed by atoms with E-state index in [1.54, 1.807) is 0 Å². The number of rotatable bonds is 10. The molecule has 1 N–H and O–H groups in total. The van der Waals surface area contributed by atoms with Gasteiger partial charge in [0, 0.05) is 30.6 Å². The first kappa shape index (κ1) is 25.9. The van der Waals surface area contributed by atoms with Gasteiger partial charge in [0.05, 0.1) is 23.3 Å². The topological polar surface area (TPSA) is 87.9 Å². The van der Waals surface area contributed by atoms with E-state index in [1.807, 2.05) is 6.07 Å². The van der Waals surface area contributed by atoms with Crippen LogP contribution in [0, 0.1) is 6.92 Å². The van der Waals surface area contributed by atoms with Gasteiger partial charge in [0.1, 0.15) is 11.7 Å². The van der Waals surface area contributed by atoms with Crippen LogP contribution in [0.1, 0.15) is 56.5 Å². The number of benzene rings is 3. The van der Waals surface area contributed by atoms with Crippen molar-refractivity contribution in [1.29, 1.82) is 0 Å². The van der Waals surface area contributed by atoms with Gasteiger partial charge >= 0.3 is 0 Å². The predicted octanol–water partition coefficient (Wildman–Crippen LogP) is 6.39. The standard InChI is InChI=1S/C32H36N8/c1-4-6-13-29-34-26-16-14-24(32-33-18-20-39(32)19-7-5-2)21-28(26)40(29)27-17-15-25(23-11-9-8-10-12-23)30(22(27)3)31-35-37-38-36-31/h8-12,14-17,21H,4-7,13,18-20H2,1-3H3,(H,35,36,37,38). The van der Waals surface area contributed by atoms with Crippen LogP contribution in [0.15, 0.2) is 65.7 Å². The van der Waals surface area contributed by atoms with Crippen LogP contribution in [0.4, 0.5) is 0 Å². The minimum atomic E-state index is 0.588. The summed E-state index contributed by atoms with van der Waals surface area (Å²) in [4.78, 5) is 12.5. The summed E-state index contributed by atoms with van der Waals surface area (Å²) >= 11 is 0. The van der Waals surface area contributed by atoms with Crippen molar-refractivity contribution in [2.45, 2.75) is 52.9 Å². The zero-order chi connectivity index (χ0) is 27.5. The van der Waals surface area contributed by atoms with Gasteiger partial charge in [-0.3, -0.25) is 9.56 Å².